The Morgan fingerprint density at radius 1 is 0.756 bits per heavy atom. The summed E-state index contributed by atoms with van der Waals surface area (Å²) in [5.41, 5.74) is 2.46. The van der Waals surface area contributed by atoms with Gasteiger partial charge < -0.3 is 79.7 Å². The average molecular weight is 1260 g/mol. The smallest absolute Gasteiger partial charge is 0.340 e. The zero-order valence-corrected chi connectivity index (χ0v) is 55.4. The molecule has 3 aromatic carbocycles. The van der Waals surface area contributed by atoms with Crippen molar-refractivity contribution in [2.75, 3.05) is 98.4 Å². The summed E-state index contributed by atoms with van der Waals surface area (Å²) in [5.74, 6) is 1.69. The van der Waals surface area contributed by atoms with Gasteiger partial charge in [0.15, 0.2) is 5.60 Å². The van der Waals surface area contributed by atoms with Gasteiger partial charge in [0.05, 0.1) is 62.0 Å². The van der Waals surface area contributed by atoms with Crippen molar-refractivity contribution >= 4 is 66.6 Å². The van der Waals surface area contributed by atoms with Crippen LogP contribution in [0.15, 0.2) is 54.6 Å². The highest BCUT2D eigenvalue weighted by Gasteiger charge is 2.54. The van der Waals surface area contributed by atoms with E-state index >= 15 is 0 Å². The van der Waals surface area contributed by atoms with Gasteiger partial charge in [0.1, 0.15) is 17.2 Å². The van der Waals surface area contributed by atoms with Crippen LogP contribution in [0.2, 0.25) is 0 Å². The average Bonchev–Trinajstić information content (AvgIpc) is 1.72. The maximum Gasteiger partial charge on any atom is 0.340 e. The summed E-state index contributed by atoms with van der Waals surface area (Å²) in [6.45, 7) is 26.3. The van der Waals surface area contributed by atoms with E-state index in [1.54, 1.807) is 57.4 Å². The van der Waals surface area contributed by atoms with Crippen molar-refractivity contribution in [1.82, 2.24) is 5.32 Å². The summed E-state index contributed by atoms with van der Waals surface area (Å²) in [6, 6.07) is 15.6. The van der Waals surface area contributed by atoms with Gasteiger partial charge in [0.2, 0.25) is 0 Å². The maximum atomic E-state index is 13.2. The van der Waals surface area contributed by atoms with Crippen molar-refractivity contribution in [3.05, 3.63) is 88.0 Å². The zero-order valence-electron chi connectivity index (χ0n) is 50.2. The van der Waals surface area contributed by atoms with Crippen LogP contribution >= 0.6 is 18.9 Å². The van der Waals surface area contributed by atoms with E-state index in [0.29, 0.717) is 128 Å². The number of phenolic OH excluding ortho intramolecular Hbond substituents is 1. The van der Waals surface area contributed by atoms with E-state index in [1.807, 2.05) is 66.7 Å². The fourth-order valence-electron chi connectivity index (χ4n) is 11.5. The Balaban J connectivity index is 0.000000227. The molecule has 16 nitrogen and oxygen atoms in total. The van der Waals surface area contributed by atoms with Crippen LogP contribution in [-0.2, 0) is 83.9 Å². The molecule has 5 heterocycles. The van der Waals surface area contributed by atoms with Crippen LogP contribution in [0.25, 0.3) is 0 Å². The summed E-state index contributed by atoms with van der Waals surface area (Å²) in [7, 11) is 1.70. The quantitative estimate of drug-likeness (QED) is 0.0391. The summed E-state index contributed by atoms with van der Waals surface area (Å²) in [4.78, 5) is 49.3. The van der Waals surface area contributed by atoms with Crippen molar-refractivity contribution in [2.45, 2.75) is 136 Å². The lowest BCUT2D eigenvalue weighted by atomic mass is 9.77. The number of rotatable bonds is 23. The lowest BCUT2D eigenvalue weighted by molar-refractivity contribution is -0.161. The van der Waals surface area contributed by atoms with Gasteiger partial charge in [-0.15, -0.1) is 36.1 Å². The second-order valence-electron chi connectivity index (χ2n) is 22.9. The number of amides is 1. The van der Waals surface area contributed by atoms with Crippen molar-refractivity contribution < 1.29 is 71.7 Å². The number of hydrogen-bond acceptors (Lipinski definition) is 18. The van der Waals surface area contributed by atoms with E-state index in [1.165, 1.54) is 6.07 Å². The fraction of sp³-hybridized carbons (Fsp3) is 0.667. The number of benzene rings is 3. The number of carbonyl (C=O) groups excluding carboxylic acids is 2. The van der Waals surface area contributed by atoms with E-state index in [9.17, 15) is 29.0 Å². The number of fused-ring (bicyclic) bond motifs is 6. The molecule has 82 heavy (non-hydrogen) atoms. The van der Waals surface area contributed by atoms with Gasteiger partial charge in [0, 0.05) is 68.4 Å². The highest BCUT2D eigenvalue weighted by atomic mass is 32.7. The summed E-state index contributed by atoms with van der Waals surface area (Å²) < 4.78 is 62.3. The molecule has 14 atom stereocenters. The minimum absolute atomic E-state index is 0.0507. The Hall–Kier alpha value is -2.28. The van der Waals surface area contributed by atoms with E-state index in [0.717, 1.165) is 50.7 Å². The molecule has 3 aromatic rings. The predicted molar refractivity (Wildman–Crippen MR) is 331 cm³/mol. The number of phenols is 1. The summed E-state index contributed by atoms with van der Waals surface area (Å²) in [6.07, 6.45) is 1.43. The Kier molecular flexibility index (Phi) is 28.0. The normalized spacial score (nSPS) is 27.5. The van der Waals surface area contributed by atoms with Gasteiger partial charge in [-0.2, -0.15) is 0 Å². The molecular weight excluding hydrogens is 1160 g/mol. The van der Waals surface area contributed by atoms with E-state index < -0.39 is 30.4 Å². The molecule has 2 N–H and O–H groups in total. The molecule has 5 aliphatic heterocycles. The highest BCUT2D eigenvalue weighted by Crippen LogP contribution is 2.57. The van der Waals surface area contributed by atoms with Crippen molar-refractivity contribution in [2.24, 2.45) is 23.7 Å². The monoisotopic (exact) mass is 1250 g/mol. The van der Waals surface area contributed by atoms with Gasteiger partial charge >= 0.3 is 5.97 Å². The lowest BCUT2D eigenvalue weighted by Crippen LogP contribution is -2.33. The standard InChI is InChI=1S/C30H31NO6.3C10H21O3PS/c1-18-7-10-24-26(14-18)36-27-16-21(32)9-12-25(27)30(24)23-11-8-20(15-22(23)29(34)37-30)28(33)31-13-5-4-6-19(2)17-35-3;3*1-4-12-6-10-9(5-8(2)13-10)7-14(3,11)15/h7-12,14-16,19,32H,4-6,13,17H2,1-3H3,(H,31,33);3*8-10H,4-7H2,1-3H3,(H,11,15)/p-3/t;3*8-,9?,10+,14?/m.000/s1. The molecule has 0 aromatic heterocycles. The number of nitrogens with one attached hydrogen (secondary N) is 1. The molecule has 0 aliphatic carbocycles. The van der Waals surface area contributed by atoms with Crippen LogP contribution in [0.4, 0.5) is 0 Å². The third-order valence-electron chi connectivity index (χ3n) is 14.9. The maximum absolute atomic E-state index is 13.2. The molecule has 8 unspecified atom stereocenters. The SMILES string of the molecule is CCOC[C@H]1O[C@@H](C)CC1CP(C)(=O)[S-].CCOC[C@H]1O[C@@H](C)CC1CP(C)([O-])=S.CCOC[C@H]1O[C@@H](C)CC1CP(C)([O-])=S.COCC(C)CCCCNC(=O)c1ccc2c(c1)C(=O)OC21c2ccc(C)cc2Oc2cc(O)ccc21. The first kappa shape index (κ1) is 70.5. The number of esters is 1. The molecule has 0 saturated carbocycles. The molecule has 0 bridgehead atoms. The predicted octanol–water partition coefficient (Wildman–Crippen LogP) is 10.1. The van der Waals surface area contributed by atoms with Crippen LogP contribution in [0.1, 0.15) is 130 Å². The van der Waals surface area contributed by atoms with Gasteiger partial charge in [0.25, 0.3) is 5.91 Å². The molecule has 8 rings (SSSR count). The number of carbonyl (C=O) groups is 2. The minimum atomic E-state index is -2.36. The summed E-state index contributed by atoms with van der Waals surface area (Å²) in [5, 5.41) is 13.0. The molecule has 3 fully saturated rings. The van der Waals surface area contributed by atoms with Crippen molar-refractivity contribution in [3.8, 4) is 17.2 Å². The number of unbranched alkanes of at least 4 members (excludes halogenated alkanes) is 1. The second kappa shape index (κ2) is 32.6. The molecular formula is C60H91NO15P3S3-3. The topological polar surface area (TPSA) is 213 Å². The number of aromatic hydroxyl groups is 1. The first-order chi connectivity index (χ1) is 38.6. The lowest BCUT2D eigenvalue weighted by Gasteiger charge is -2.36. The number of aryl methyl sites for hydroxylation is 1. The highest BCUT2D eigenvalue weighted by molar-refractivity contribution is 8.36. The first-order valence-corrected chi connectivity index (χ1v) is 38.9. The largest absolute Gasteiger partial charge is 0.821 e. The molecule has 462 valence electrons. The summed E-state index contributed by atoms with van der Waals surface area (Å²) >= 11 is 15.0. The Bertz CT molecular complexity index is 2510. The van der Waals surface area contributed by atoms with Gasteiger partial charge in [-0.3, -0.25) is 4.79 Å². The molecule has 1 amide bonds. The Labute approximate surface area is 504 Å². The molecule has 3 saturated heterocycles. The van der Waals surface area contributed by atoms with E-state index in [4.69, 9.17) is 78.5 Å². The van der Waals surface area contributed by atoms with Crippen molar-refractivity contribution in [3.63, 3.8) is 0 Å². The third-order valence-corrected chi connectivity index (χ3v) is 19.7. The van der Waals surface area contributed by atoms with E-state index in [-0.39, 0.29) is 48.3 Å². The second-order valence-corrected chi connectivity index (χ2v) is 37.1. The third kappa shape index (κ3) is 21.5. The molecule has 22 heteroatoms. The van der Waals surface area contributed by atoms with Gasteiger partial charge in [-0.05, 0) is 185 Å². The Morgan fingerprint density at radius 2 is 1.23 bits per heavy atom. The minimum Gasteiger partial charge on any atom is -0.821 e. The molecule has 0 radical (unpaired) electrons. The van der Waals surface area contributed by atoms with Crippen LogP contribution in [0.3, 0.4) is 0 Å². The van der Waals surface area contributed by atoms with E-state index in [2.05, 4.69) is 12.2 Å². The fourth-order valence-corrected chi connectivity index (χ4v) is 16.9. The Morgan fingerprint density at radius 3 is 1.71 bits per heavy atom. The van der Waals surface area contributed by atoms with Crippen LogP contribution in [-0.4, -0.2) is 152 Å². The molecule has 1 spiro atoms. The number of hydrogen-bond donors (Lipinski definition) is 2. The van der Waals surface area contributed by atoms with Crippen LogP contribution in [0, 0.1) is 30.6 Å². The number of methoxy groups -OCH3 is 1. The van der Waals surface area contributed by atoms with Crippen LogP contribution in [0.5, 0.6) is 17.2 Å². The first-order valence-electron chi connectivity index (χ1n) is 28.9. The van der Waals surface area contributed by atoms with Crippen molar-refractivity contribution in [1.29, 1.82) is 0 Å². The van der Waals surface area contributed by atoms with Crippen LogP contribution < -0.4 is 19.8 Å². The van der Waals surface area contributed by atoms with Gasteiger partial charge in [-0.1, -0.05) is 31.5 Å². The molecule has 5 aliphatic rings. The zero-order chi connectivity index (χ0) is 60.6. The number of ether oxygens (including phenoxy) is 9. The van der Waals surface area contributed by atoms with Gasteiger partial charge in [-0.25, -0.2) is 4.79 Å².